The number of nitriles is 1. The number of amides is 2. The van der Waals surface area contributed by atoms with Crippen molar-refractivity contribution in [2.24, 2.45) is 0 Å². The number of esters is 1. The maximum atomic E-state index is 13.6. The predicted octanol–water partition coefficient (Wildman–Crippen LogP) is 5.27. The molecular formula is C34H28N4O5. The van der Waals surface area contributed by atoms with E-state index in [2.05, 4.69) is 0 Å². The fourth-order valence-corrected chi connectivity index (χ4v) is 4.67. The largest absolute Gasteiger partial charge is 0.489 e. The van der Waals surface area contributed by atoms with Crippen LogP contribution in [0.25, 0.3) is 23.0 Å². The maximum absolute atomic E-state index is 13.6. The molecule has 1 aromatic heterocycles. The Hall–Kier alpha value is -5.75. The molecule has 5 rings (SSSR count). The highest BCUT2D eigenvalue weighted by molar-refractivity contribution is 6.19. The monoisotopic (exact) mass is 572 g/mol. The average Bonchev–Trinajstić information content (AvgIpc) is 3.45. The van der Waals surface area contributed by atoms with Crippen molar-refractivity contribution in [2.75, 3.05) is 13.2 Å². The van der Waals surface area contributed by atoms with Crippen LogP contribution >= 0.6 is 0 Å². The predicted molar refractivity (Wildman–Crippen MR) is 159 cm³/mol. The van der Waals surface area contributed by atoms with Gasteiger partial charge in [-0.3, -0.25) is 19.3 Å². The molecule has 3 aromatic carbocycles. The maximum Gasteiger partial charge on any atom is 0.302 e. The molecule has 1 aliphatic heterocycles. The fourth-order valence-electron chi connectivity index (χ4n) is 4.67. The van der Waals surface area contributed by atoms with Crippen LogP contribution in [-0.4, -0.2) is 45.6 Å². The van der Waals surface area contributed by atoms with Crippen molar-refractivity contribution >= 4 is 23.9 Å². The van der Waals surface area contributed by atoms with Gasteiger partial charge in [-0.1, -0.05) is 60.7 Å². The molecule has 0 atom stereocenters. The molecule has 9 nitrogen and oxygen atoms in total. The van der Waals surface area contributed by atoms with Gasteiger partial charge in [-0.25, -0.2) is 4.68 Å². The zero-order valence-corrected chi connectivity index (χ0v) is 23.7. The van der Waals surface area contributed by atoms with Gasteiger partial charge in [0, 0.05) is 29.8 Å². The second-order valence-electron chi connectivity index (χ2n) is 9.79. The van der Waals surface area contributed by atoms with E-state index in [1.807, 2.05) is 91.0 Å². The van der Waals surface area contributed by atoms with E-state index in [9.17, 15) is 19.6 Å². The van der Waals surface area contributed by atoms with Crippen LogP contribution in [0.15, 0.2) is 108 Å². The molecular weight excluding hydrogens is 544 g/mol. The van der Waals surface area contributed by atoms with Crippen LogP contribution in [0.3, 0.4) is 0 Å². The van der Waals surface area contributed by atoms with Gasteiger partial charge in [0.25, 0.3) is 11.8 Å². The summed E-state index contributed by atoms with van der Waals surface area (Å²) in [6, 6.07) is 28.8. The normalized spacial score (nSPS) is 14.2. The summed E-state index contributed by atoms with van der Waals surface area (Å²) >= 11 is 0. The van der Waals surface area contributed by atoms with E-state index in [-0.39, 0.29) is 29.9 Å². The molecule has 2 amide bonds. The van der Waals surface area contributed by atoms with Crippen molar-refractivity contribution in [3.8, 4) is 28.8 Å². The molecule has 2 heterocycles. The highest BCUT2D eigenvalue weighted by Gasteiger charge is 2.35. The topological polar surface area (TPSA) is 115 Å². The number of para-hydroxylation sites is 1. The van der Waals surface area contributed by atoms with Gasteiger partial charge < -0.3 is 9.47 Å². The number of hydrogen-bond donors (Lipinski definition) is 0. The molecule has 0 radical (unpaired) electrons. The molecule has 0 N–H and O–H groups in total. The standard InChI is InChI=1S/C34H28N4O5/c1-23-30(33(40)37(16-17-42-24(2)39)34(41)31(23)20-35)19-27-21-38(28-13-7-4-8-14-28)36-32(27)26-12-9-15-29(18-26)43-22-25-10-5-3-6-11-25/h3-15,18-19,21H,16-17,22H2,1-2H3/b30-19+. The zero-order valence-electron chi connectivity index (χ0n) is 23.7. The summed E-state index contributed by atoms with van der Waals surface area (Å²) in [6.07, 6.45) is 3.43. The number of ether oxygens (including phenoxy) is 2. The van der Waals surface area contributed by atoms with Crippen LogP contribution in [0.4, 0.5) is 0 Å². The Kier molecular flexibility index (Phi) is 8.58. The lowest BCUT2D eigenvalue weighted by Gasteiger charge is -2.27. The van der Waals surface area contributed by atoms with Gasteiger partial charge >= 0.3 is 5.97 Å². The second kappa shape index (κ2) is 12.8. The fraction of sp³-hybridized carbons (Fsp3) is 0.147. The van der Waals surface area contributed by atoms with Crippen LogP contribution in [0.1, 0.15) is 25.0 Å². The molecule has 4 aromatic rings. The summed E-state index contributed by atoms with van der Waals surface area (Å²) < 4.78 is 12.7. The Labute approximate surface area is 248 Å². The summed E-state index contributed by atoms with van der Waals surface area (Å²) in [5.74, 6) is -1.20. The number of carbonyl (C=O) groups excluding carboxylic acids is 3. The third-order valence-corrected chi connectivity index (χ3v) is 6.86. The van der Waals surface area contributed by atoms with Gasteiger partial charge in [-0.05, 0) is 48.4 Å². The first-order valence-electron chi connectivity index (χ1n) is 13.6. The molecule has 214 valence electrons. The molecule has 1 aliphatic rings. The van der Waals surface area contributed by atoms with E-state index >= 15 is 0 Å². The van der Waals surface area contributed by atoms with Crippen molar-refractivity contribution < 1.29 is 23.9 Å². The van der Waals surface area contributed by atoms with Crippen LogP contribution in [0.2, 0.25) is 0 Å². The number of nitrogens with zero attached hydrogens (tertiary/aromatic N) is 4. The van der Waals surface area contributed by atoms with Crippen LogP contribution in [-0.2, 0) is 25.7 Å². The van der Waals surface area contributed by atoms with E-state index in [0.29, 0.717) is 23.6 Å². The number of hydrogen-bond acceptors (Lipinski definition) is 7. The minimum absolute atomic E-state index is 0.151. The van der Waals surface area contributed by atoms with Crippen molar-refractivity contribution in [1.29, 1.82) is 5.26 Å². The summed E-state index contributed by atoms with van der Waals surface area (Å²) in [5.41, 5.74) is 4.04. The Bertz CT molecular complexity index is 1780. The number of imide groups is 1. The van der Waals surface area contributed by atoms with Gasteiger partial charge in [0.1, 0.15) is 36.3 Å². The third kappa shape index (κ3) is 6.44. The van der Waals surface area contributed by atoms with E-state index < -0.39 is 17.8 Å². The average molecular weight is 573 g/mol. The number of benzene rings is 3. The SMILES string of the molecule is CC(=O)OCCN1C(=O)C(C#N)=C(C)/C(=C\c2cn(-c3ccccc3)nc2-c2cccc(OCc3ccccc3)c2)C1=O. The van der Waals surface area contributed by atoms with E-state index in [4.69, 9.17) is 14.6 Å². The molecule has 0 aliphatic carbocycles. The minimum Gasteiger partial charge on any atom is -0.489 e. The third-order valence-electron chi connectivity index (χ3n) is 6.86. The Morgan fingerprint density at radius 3 is 2.40 bits per heavy atom. The molecule has 0 fully saturated rings. The first-order valence-corrected chi connectivity index (χ1v) is 13.6. The Balaban J connectivity index is 1.57. The highest BCUT2D eigenvalue weighted by Crippen LogP contribution is 2.32. The van der Waals surface area contributed by atoms with Gasteiger partial charge in [-0.15, -0.1) is 0 Å². The first kappa shape index (κ1) is 28.8. The highest BCUT2D eigenvalue weighted by atomic mass is 16.5. The summed E-state index contributed by atoms with van der Waals surface area (Å²) in [5, 5.41) is 14.6. The van der Waals surface area contributed by atoms with Crippen LogP contribution < -0.4 is 4.74 Å². The molecule has 43 heavy (non-hydrogen) atoms. The molecule has 0 unspecified atom stereocenters. The molecule has 0 bridgehead atoms. The second-order valence-corrected chi connectivity index (χ2v) is 9.79. The van der Waals surface area contributed by atoms with Crippen LogP contribution in [0, 0.1) is 11.3 Å². The quantitative estimate of drug-likeness (QED) is 0.152. The molecule has 0 saturated carbocycles. The Morgan fingerprint density at radius 1 is 0.977 bits per heavy atom. The number of carbonyl (C=O) groups is 3. The Morgan fingerprint density at radius 2 is 1.70 bits per heavy atom. The molecule has 9 heteroatoms. The van der Waals surface area contributed by atoms with Crippen molar-refractivity contribution in [1.82, 2.24) is 14.7 Å². The summed E-state index contributed by atoms with van der Waals surface area (Å²) in [7, 11) is 0. The van der Waals surface area contributed by atoms with Gasteiger partial charge in [-0.2, -0.15) is 10.4 Å². The van der Waals surface area contributed by atoms with E-state index in [0.717, 1.165) is 21.7 Å². The van der Waals surface area contributed by atoms with Crippen molar-refractivity contribution in [3.63, 3.8) is 0 Å². The molecule has 0 spiro atoms. The van der Waals surface area contributed by atoms with E-state index in [1.54, 1.807) is 23.9 Å². The first-order chi connectivity index (χ1) is 20.9. The van der Waals surface area contributed by atoms with Crippen LogP contribution in [0.5, 0.6) is 5.75 Å². The van der Waals surface area contributed by atoms with Crippen molar-refractivity contribution in [2.45, 2.75) is 20.5 Å². The molecule has 0 saturated heterocycles. The smallest absolute Gasteiger partial charge is 0.302 e. The van der Waals surface area contributed by atoms with Gasteiger partial charge in [0.15, 0.2) is 0 Å². The van der Waals surface area contributed by atoms with Gasteiger partial charge in [0.2, 0.25) is 0 Å². The minimum atomic E-state index is -0.724. The lowest BCUT2D eigenvalue weighted by atomic mass is 9.93. The zero-order chi connectivity index (χ0) is 30.3. The summed E-state index contributed by atoms with van der Waals surface area (Å²) in [6.45, 7) is 2.85. The lowest BCUT2D eigenvalue weighted by Crippen LogP contribution is -2.44. The van der Waals surface area contributed by atoms with E-state index in [1.165, 1.54) is 6.92 Å². The number of rotatable bonds is 9. The lowest BCUT2D eigenvalue weighted by molar-refractivity contribution is -0.147. The van der Waals surface area contributed by atoms with Crippen molar-refractivity contribution in [3.05, 3.63) is 119 Å². The summed E-state index contributed by atoms with van der Waals surface area (Å²) in [4.78, 5) is 38.7. The van der Waals surface area contributed by atoms with Gasteiger partial charge in [0.05, 0.1) is 12.2 Å². The number of aromatic nitrogens is 2.